The number of aryl methyl sites for hydroxylation is 1. The van der Waals surface area contributed by atoms with E-state index in [1.807, 2.05) is 17.9 Å². The summed E-state index contributed by atoms with van der Waals surface area (Å²) >= 11 is 0. The van der Waals surface area contributed by atoms with Crippen LogP contribution in [0.25, 0.3) is 10.9 Å². The Bertz CT molecular complexity index is 908. The summed E-state index contributed by atoms with van der Waals surface area (Å²) in [7, 11) is 4.08. The van der Waals surface area contributed by atoms with Crippen LogP contribution in [0.15, 0.2) is 61.6 Å². The number of fused-ring (bicyclic) bond motifs is 2. The van der Waals surface area contributed by atoms with E-state index in [4.69, 9.17) is 5.10 Å². The van der Waals surface area contributed by atoms with Gasteiger partial charge in [-0.3, -0.25) is 4.68 Å². The number of para-hydroxylation sites is 1. The van der Waals surface area contributed by atoms with Gasteiger partial charge in [-0.25, -0.2) is 0 Å². The van der Waals surface area contributed by atoms with Crippen molar-refractivity contribution in [2.45, 2.75) is 38.8 Å². The van der Waals surface area contributed by atoms with Gasteiger partial charge in [0.25, 0.3) is 0 Å². The summed E-state index contributed by atoms with van der Waals surface area (Å²) in [5, 5.41) is 5.91. The largest absolute Gasteiger partial charge is 0.369 e. The SMILES string of the molecule is C=CN(/C=C\C(=C)N(C)Cc1nn(C)c2ccccc12)C1CC(CC)C2CC21. The van der Waals surface area contributed by atoms with Crippen LogP contribution >= 0.6 is 0 Å². The average molecular weight is 377 g/mol. The van der Waals surface area contributed by atoms with Crippen LogP contribution in [0.1, 0.15) is 31.9 Å². The highest BCUT2D eigenvalue weighted by molar-refractivity contribution is 5.81. The van der Waals surface area contributed by atoms with Gasteiger partial charge in [0.15, 0.2) is 0 Å². The summed E-state index contributed by atoms with van der Waals surface area (Å²) in [4.78, 5) is 4.48. The maximum Gasteiger partial charge on any atom is 0.0896 e. The molecule has 4 unspecified atom stereocenters. The lowest BCUT2D eigenvalue weighted by molar-refractivity contribution is 0.313. The molecule has 4 rings (SSSR count). The molecule has 0 bridgehead atoms. The standard InChI is InChI=1S/C24H32N4/c1-6-18-14-24(21-15-20(18)21)28(7-2)13-12-17(3)26(4)16-22-19-10-8-9-11-23(19)27(5)25-22/h7-13,18,20-21,24H,2-3,6,14-16H2,1,4-5H3/b13-12-. The van der Waals surface area contributed by atoms with Gasteiger partial charge in [-0.15, -0.1) is 0 Å². The molecule has 28 heavy (non-hydrogen) atoms. The van der Waals surface area contributed by atoms with E-state index < -0.39 is 0 Å². The lowest BCUT2D eigenvalue weighted by atomic mass is 9.99. The molecule has 2 aromatic rings. The molecule has 1 aromatic carbocycles. The van der Waals surface area contributed by atoms with Crippen molar-refractivity contribution < 1.29 is 0 Å². The smallest absolute Gasteiger partial charge is 0.0896 e. The fourth-order valence-corrected chi connectivity index (χ4v) is 5.03. The molecule has 1 aromatic heterocycles. The number of allylic oxidation sites excluding steroid dienone is 1. The van der Waals surface area contributed by atoms with Gasteiger partial charge in [0.2, 0.25) is 0 Å². The van der Waals surface area contributed by atoms with Crippen molar-refractivity contribution in [1.29, 1.82) is 0 Å². The zero-order valence-electron chi connectivity index (χ0n) is 17.4. The molecule has 0 spiro atoms. The van der Waals surface area contributed by atoms with E-state index in [0.717, 1.165) is 41.2 Å². The molecule has 0 N–H and O–H groups in total. The minimum Gasteiger partial charge on any atom is -0.369 e. The molecule has 0 amide bonds. The van der Waals surface area contributed by atoms with Crippen molar-refractivity contribution in [3.63, 3.8) is 0 Å². The first-order chi connectivity index (χ1) is 13.5. The summed E-state index contributed by atoms with van der Waals surface area (Å²) in [6.07, 6.45) is 10.3. The van der Waals surface area contributed by atoms with E-state index in [9.17, 15) is 0 Å². The first-order valence-electron chi connectivity index (χ1n) is 10.4. The van der Waals surface area contributed by atoms with Crippen LogP contribution in [0, 0.1) is 17.8 Å². The summed E-state index contributed by atoms with van der Waals surface area (Å²) in [6.45, 7) is 11.4. The Morgan fingerprint density at radius 2 is 2.07 bits per heavy atom. The average Bonchev–Trinajstić information content (AvgIpc) is 3.33. The third-order valence-electron chi connectivity index (χ3n) is 6.80. The Kier molecular flexibility index (Phi) is 5.05. The fraction of sp³-hybridized carbons (Fsp3) is 0.458. The molecule has 2 aliphatic carbocycles. The summed E-state index contributed by atoms with van der Waals surface area (Å²) < 4.78 is 1.95. The Morgan fingerprint density at radius 1 is 1.29 bits per heavy atom. The maximum atomic E-state index is 4.70. The normalized spacial score (nSPS) is 25.8. The zero-order chi connectivity index (χ0) is 19.8. The molecule has 0 radical (unpaired) electrons. The highest BCUT2D eigenvalue weighted by Crippen LogP contribution is 2.58. The van der Waals surface area contributed by atoms with Crippen molar-refractivity contribution in [3.8, 4) is 0 Å². The van der Waals surface area contributed by atoms with Crippen LogP contribution in [-0.4, -0.2) is 32.7 Å². The number of hydrogen-bond donors (Lipinski definition) is 0. The number of aromatic nitrogens is 2. The van der Waals surface area contributed by atoms with Crippen molar-refractivity contribution in [3.05, 3.63) is 67.3 Å². The number of rotatable bonds is 8. The van der Waals surface area contributed by atoms with E-state index in [0.29, 0.717) is 6.04 Å². The predicted molar refractivity (Wildman–Crippen MR) is 116 cm³/mol. The van der Waals surface area contributed by atoms with E-state index >= 15 is 0 Å². The molecular weight excluding hydrogens is 344 g/mol. The van der Waals surface area contributed by atoms with Gasteiger partial charge >= 0.3 is 0 Å². The van der Waals surface area contributed by atoms with Crippen LogP contribution < -0.4 is 0 Å². The molecule has 2 fully saturated rings. The fourth-order valence-electron chi connectivity index (χ4n) is 5.03. The highest BCUT2D eigenvalue weighted by atomic mass is 15.3. The van der Waals surface area contributed by atoms with E-state index in [2.05, 4.69) is 73.5 Å². The topological polar surface area (TPSA) is 24.3 Å². The van der Waals surface area contributed by atoms with Crippen LogP contribution in [0.5, 0.6) is 0 Å². The van der Waals surface area contributed by atoms with Crippen molar-refractivity contribution in [1.82, 2.24) is 19.6 Å². The zero-order valence-corrected chi connectivity index (χ0v) is 17.4. The molecule has 0 saturated heterocycles. The second kappa shape index (κ2) is 7.50. The lowest BCUT2D eigenvalue weighted by Gasteiger charge is -2.27. The number of nitrogens with zero attached hydrogens (tertiary/aromatic N) is 4. The van der Waals surface area contributed by atoms with Crippen LogP contribution in [0.4, 0.5) is 0 Å². The van der Waals surface area contributed by atoms with Crippen molar-refractivity contribution >= 4 is 10.9 Å². The van der Waals surface area contributed by atoms with E-state index in [1.54, 1.807) is 0 Å². The molecule has 4 atom stereocenters. The number of likely N-dealkylation sites (N-methyl/N-ethyl adjacent to an activating group) is 1. The Morgan fingerprint density at radius 3 is 2.79 bits per heavy atom. The van der Waals surface area contributed by atoms with Gasteiger partial charge in [0.1, 0.15) is 0 Å². The molecule has 2 aliphatic rings. The molecular formula is C24H32N4. The number of hydrogen-bond acceptors (Lipinski definition) is 3. The molecule has 4 heteroatoms. The quantitative estimate of drug-likeness (QED) is 0.612. The summed E-state index contributed by atoms with van der Waals surface area (Å²) in [5.41, 5.74) is 3.23. The minimum absolute atomic E-state index is 0.613. The van der Waals surface area contributed by atoms with Crippen molar-refractivity contribution in [2.75, 3.05) is 7.05 Å². The Hall–Kier alpha value is -2.49. The molecule has 1 heterocycles. The monoisotopic (exact) mass is 376 g/mol. The van der Waals surface area contributed by atoms with Gasteiger partial charge < -0.3 is 9.80 Å². The van der Waals surface area contributed by atoms with Gasteiger partial charge in [-0.05, 0) is 48.9 Å². The van der Waals surface area contributed by atoms with Gasteiger partial charge in [-0.1, -0.05) is 44.7 Å². The third-order valence-corrected chi connectivity index (χ3v) is 6.80. The Balaban J connectivity index is 1.41. The molecule has 0 aliphatic heterocycles. The van der Waals surface area contributed by atoms with Crippen LogP contribution in [0.3, 0.4) is 0 Å². The van der Waals surface area contributed by atoms with Gasteiger partial charge in [0, 0.05) is 37.4 Å². The molecule has 2 saturated carbocycles. The maximum absolute atomic E-state index is 4.70. The number of benzene rings is 1. The minimum atomic E-state index is 0.613. The second-order valence-corrected chi connectivity index (χ2v) is 8.42. The van der Waals surface area contributed by atoms with Crippen LogP contribution in [-0.2, 0) is 13.6 Å². The summed E-state index contributed by atoms with van der Waals surface area (Å²) in [5.74, 6) is 2.71. The van der Waals surface area contributed by atoms with Crippen LogP contribution in [0.2, 0.25) is 0 Å². The van der Waals surface area contributed by atoms with E-state index in [-0.39, 0.29) is 0 Å². The second-order valence-electron chi connectivity index (χ2n) is 8.42. The third kappa shape index (κ3) is 3.36. The first-order valence-corrected chi connectivity index (χ1v) is 10.4. The molecule has 148 valence electrons. The molecule has 4 nitrogen and oxygen atoms in total. The van der Waals surface area contributed by atoms with Gasteiger partial charge in [-0.2, -0.15) is 5.10 Å². The van der Waals surface area contributed by atoms with Crippen molar-refractivity contribution in [2.24, 2.45) is 24.8 Å². The van der Waals surface area contributed by atoms with E-state index in [1.165, 1.54) is 24.6 Å². The first kappa shape index (κ1) is 18.9. The Labute approximate surface area is 168 Å². The summed E-state index contributed by atoms with van der Waals surface area (Å²) in [6, 6.07) is 8.99. The predicted octanol–water partition coefficient (Wildman–Crippen LogP) is 4.91. The van der Waals surface area contributed by atoms with Gasteiger partial charge in [0.05, 0.1) is 17.8 Å². The lowest BCUT2D eigenvalue weighted by Crippen LogP contribution is -2.27. The highest BCUT2D eigenvalue weighted by Gasteiger charge is 2.54.